The van der Waals surface area contributed by atoms with Gasteiger partial charge in [-0.15, -0.1) is 0 Å². The molecule has 2 atom stereocenters. The van der Waals surface area contributed by atoms with E-state index < -0.39 is 0 Å². The second-order valence-corrected chi connectivity index (χ2v) is 6.28. The zero-order valence-corrected chi connectivity index (χ0v) is 13.7. The Bertz CT molecular complexity index is 647. The van der Waals surface area contributed by atoms with E-state index >= 15 is 0 Å². The number of aromatic nitrogens is 2. The van der Waals surface area contributed by atoms with Crippen molar-refractivity contribution in [3.63, 3.8) is 0 Å². The molecule has 0 spiro atoms. The molecule has 1 aromatic carbocycles. The molecular weight excluding hydrogens is 288 g/mol. The number of hydrogen-bond donors (Lipinski definition) is 2. The molecule has 122 valence electrons. The number of hydrogen-bond acceptors (Lipinski definition) is 5. The van der Waals surface area contributed by atoms with Crippen molar-refractivity contribution in [1.29, 1.82) is 0 Å². The lowest BCUT2D eigenvalue weighted by molar-refractivity contribution is 0.173. The standard InChI is InChI=1S/C18H24N4O/c1-13-9-19-14(2)18(21-13)20-10-16-8-17(23)12-22(16)11-15-6-4-3-5-7-15/h3-7,9,16-17,23H,8,10-12H2,1-2H3,(H,20,21)/t16-,17+/m1/s1. The number of β-amino-alcohol motifs (C(OH)–C–C–N with tert-alkyl or cyclic N) is 1. The third-order valence-electron chi connectivity index (χ3n) is 4.32. The van der Waals surface area contributed by atoms with Crippen molar-refractivity contribution in [2.45, 2.75) is 39.0 Å². The maximum Gasteiger partial charge on any atom is 0.147 e. The molecule has 0 unspecified atom stereocenters. The molecule has 23 heavy (non-hydrogen) atoms. The largest absolute Gasteiger partial charge is 0.392 e. The molecule has 1 fully saturated rings. The summed E-state index contributed by atoms with van der Waals surface area (Å²) in [6, 6.07) is 10.7. The molecule has 3 rings (SSSR count). The van der Waals surface area contributed by atoms with Gasteiger partial charge >= 0.3 is 0 Å². The Morgan fingerprint density at radius 3 is 2.83 bits per heavy atom. The van der Waals surface area contributed by atoms with E-state index in [9.17, 15) is 5.11 Å². The van der Waals surface area contributed by atoms with Crippen LogP contribution in [0.25, 0.3) is 0 Å². The summed E-state index contributed by atoms with van der Waals surface area (Å²) in [6.45, 7) is 6.25. The van der Waals surface area contributed by atoms with E-state index in [1.54, 1.807) is 6.20 Å². The molecule has 2 heterocycles. The highest BCUT2D eigenvalue weighted by molar-refractivity contribution is 5.39. The zero-order chi connectivity index (χ0) is 16.2. The minimum absolute atomic E-state index is 0.254. The molecule has 0 radical (unpaired) electrons. The smallest absolute Gasteiger partial charge is 0.147 e. The fourth-order valence-electron chi connectivity index (χ4n) is 3.10. The van der Waals surface area contributed by atoms with Crippen molar-refractivity contribution in [1.82, 2.24) is 14.9 Å². The zero-order valence-electron chi connectivity index (χ0n) is 13.7. The van der Waals surface area contributed by atoms with Crippen molar-refractivity contribution >= 4 is 5.82 Å². The van der Waals surface area contributed by atoms with Gasteiger partial charge < -0.3 is 10.4 Å². The van der Waals surface area contributed by atoms with Crippen LogP contribution in [0.1, 0.15) is 23.4 Å². The summed E-state index contributed by atoms with van der Waals surface area (Å²) >= 11 is 0. The molecule has 1 aliphatic heterocycles. The molecule has 2 aromatic rings. The Hall–Kier alpha value is -1.98. The first kappa shape index (κ1) is 15.9. The second kappa shape index (κ2) is 7.06. The lowest BCUT2D eigenvalue weighted by Crippen LogP contribution is -2.34. The van der Waals surface area contributed by atoms with Crippen LogP contribution in [0.4, 0.5) is 5.82 Å². The predicted molar refractivity (Wildman–Crippen MR) is 91.3 cm³/mol. The minimum Gasteiger partial charge on any atom is -0.392 e. The topological polar surface area (TPSA) is 61.3 Å². The number of nitrogens with zero attached hydrogens (tertiary/aromatic N) is 3. The Morgan fingerprint density at radius 1 is 1.26 bits per heavy atom. The van der Waals surface area contributed by atoms with Gasteiger partial charge in [0.25, 0.3) is 0 Å². The molecule has 0 saturated carbocycles. The quantitative estimate of drug-likeness (QED) is 0.886. The Morgan fingerprint density at radius 2 is 2.04 bits per heavy atom. The third kappa shape index (κ3) is 4.06. The summed E-state index contributed by atoms with van der Waals surface area (Å²) in [4.78, 5) is 11.2. The monoisotopic (exact) mass is 312 g/mol. The maximum absolute atomic E-state index is 10.0. The summed E-state index contributed by atoms with van der Waals surface area (Å²) in [5.74, 6) is 0.839. The van der Waals surface area contributed by atoms with E-state index in [4.69, 9.17) is 0 Å². The van der Waals surface area contributed by atoms with Gasteiger partial charge in [-0.1, -0.05) is 30.3 Å². The summed E-state index contributed by atoms with van der Waals surface area (Å²) in [5, 5.41) is 13.5. The lowest BCUT2D eigenvalue weighted by Gasteiger charge is -2.25. The fraction of sp³-hybridized carbons (Fsp3) is 0.444. The number of aliphatic hydroxyl groups is 1. The van der Waals surface area contributed by atoms with E-state index in [1.165, 1.54) is 5.56 Å². The fourth-order valence-corrected chi connectivity index (χ4v) is 3.10. The minimum atomic E-state index is -0.254. The molecule has 5 nitrogen and oxygen atoms in total. The molecule has 0 aliphatic carbocycles. The van der Waals surface area contributed by atoms with Crippen molar-refractivity contribution < 1.29 is 5.11 Å². The lowest BCUT2D eigenvalue weighted by atomic mass is 10.1. The van der Waals surface area contributed by atoms with E-state index in [0.717, 1.165) is 43.3 Å². The molecule has 0 amide bonds. The van der Waals surface area contributed by atoms with Gasteiger partial charge in [-0.05, 0) is 25.8 Å². The van der Waals surface area contributed by atoms with Gasteiger partial charge in [0.1, 0.15) is 5.82 Å². The number of aryl methyl sites for hydroxylation is 2. The Kier molecular flexibility index (Phi) is 4.88. The van der Waals surface area contributed by atoms with E-state index in [1.807, 2.05) is 19.9 Å². The predicted octanol–water partition coefficient (Wildman–Crippen LogP) is 2.14. The van der Waals surface area contributed by atoms with Crippen LogP contribution in [0.15, 0.2) is 36.5 Å². The van der Waals surface area contributed by atoms with Crippen LogP contribution in [0, 0.1) is 13.8 Å². The molecule has 5 heteroatoms. The van der Waals surface area contributed by atoms with Crippen molar-refractivity contribution in [2.24, 2.45) is 0 Å². The van der Waals surface area contributed by atoms with Crippen LogP contribution in [-0.4, -0.2) is 45.2 Å². The third-order valence-corrected chi connectivity index (χ3v) is 4.32. The van der Waals surface area contributed by atoms with Crippen molar-refractivity contribution in [3.05, 3.63) is 53.5 Å². The van der Waals surface area contributed by atoms with Crippen molar-refractivity contribution in [3.8, 4) is 0 Å². The van der Waals surface area contributed by atoms with Crippen LogP contribution in [0.3, 0.4) is 0 Å². The number of likely N-dealkylation sites (tertiary alicyclic amines) is 1. The molecule has 2 N–H and O–H groups in total. The highest BCUT2D eigenvalue weighted by Gasteiger charge is 2.30. The van der Waals surface area contributed by atoms with E-state index in [0.29, 0.717) is 6.04 Å². The first-order valence-electron chi connectivity index (χ1n) is 8.12. The molecular formula is C18H24N4O. The van der Waals surface area contributed by atoms with Gasteiger partial charge in [-0.2, -0.15) is 0 Å². The van der Waals surface area contributed by atoms with Crippen LogP contribution < -0.4 is 5.32 Å². The number of benzene rings is 1. The Balaban J connectivity index is 1.64. The number of rotatable bonds is 5. The molecule has 1 saturated heterocycles. The molecule has 0 bridgehead atoms. The average Bonchev–Trinajstić information content (AvgIpc) is 2.89. The van der Waals surface area contributed by atoms with Gasteiger partial charge in [0.15, 0.2) is 0 Å². The summed E-state index contributed by atoms with van der Waals surface area (Å²) in [6.07, 6.45) is 2.31. The maximum atomic E-state index is 10.0. The van der Waals surface area contributed by atoms with Gasteiger partial charge in [-0.25, -0.2) is 4.98 Å². The highest BCUT2D eigenvalue weighted by atomic mass is 16.3. The SMILES string of the molecule is Cc1cnc(C)c(NC[C@H]2C[C@H](O)CN2Cc2ccccc2)n1. The van der Waals surface area contributed by atoms with Crippen LogP contribution in [0.2, 0.25) is 0 Å². The second-order valence-electron chi connectivity index (χ2n) is 6.28. The van der Waals surface area contributed by atoms with Gasteiger partial charge in [0, 0.05) is 31.9 Å². The van der Waals surface area contributed by atoms with Crippen molar-refractivity contribution in [2.75, 3.05) is 18.4 Å². The van der Waals surface area contributed by atoms with Crippen LogP contribution in [-0.2, 0) is 6.54 Å². The average molecular weight is 312 g/mol. The summed E-state index contributed by atoms with van der Waals surface area (Å²) < 4.78 is 0. The highest BCUT2D eigenvalue weighted by Crippen LogP contribution is 2.21. The van der Waals surface area contributed by atoms with E-state index in [-0.39, 0.29) is 6.10 Å². The normalized spacial score (nSPS) is 21.5. The summed E-state index contributed by atoms with van der Waals surface area (Å²) in [7, 11) is 0. The van der Waals surface area contributed by atoms with Crippen LogP contribution in [0.5, 0.6) is 0 Å². The van der Waals surface area contributed by atoms with Gasteiger partial charge in [0.2, 0.25) is 0 Å². The molecule has 1 aliphatic rings. The summed E-state index contributed by atoms with van der Waals surface area (Å²) in [5.41, 5.74) is 3.09. The first-order chi connectivity index (χ1) is 11.1. The first-order valence-corrected chi connectivity index (χ1v) is 8.12. The van der Waals surface area contributed by atoms with Gasteiger partial charge in [0.05, 0.1) is 17.5 Å². The van der Waals surface area contributed by atoms with E-state index in [2.05, 4.69) is 44.5 Å². The van der Waals surface area contributed by atoms with Gasteiger partial charge in [-0.3, -0.25) is 9.88 Å². The number of nitrogens with one attached hydrogen (secondary N) is 1. The number of anilines is 1. The van der Waals surface area contributed by atoms with Crippen LogP contribution >= 0.6 is 0 Å². The Labute approximate surface area is 137 Å². The number of aliphatic hydroxyl groups excluding tert-OH is 1. The molecule has 1 aromatic heterocycles.